The van der Waals surface area contributed by atoms with Gasteiger partial charge in [-0.05, 0) is 11.8 Å². The molecule has 2 nitrogen and oxygen atoms in total. The van der Waals surface area contributed by atoms with E-state index in [-0.39, 0.29) is 11.8 Å². The highest BCUT2D eigenvalue weighted by molar-refractivity contribution is 5.89. The Morgan fingerprint density at radius 2 is 1.76 bits per heavy atom. The molecule has 0 heterocycles. The third-order valence-corrected chi connectivity index (χ3v) is 2.69. The average Bonchev–Trinajstić information content (AvgIpc) is 2.21. The number of ether oxygens (including phenoxy) is 1. The lowest BCUT2D eigenvalue weighted by Gasteiger charge is -2.27. The van der Waals surface area contributed by atoms with Crippen LogP contribution in [-0.4, -0.2) is 18.2 Å². The van der Waals surface area contributed by atoms with E-state index in [0.29, 0.717) is 0 Å². The van der Waals surface area contributed by atoms with Crippen molar-refractivity contribution >= 4 is 5.97 Å². The molecule has 0 amide bonds. The Hall–Kier alpha value is -1.00. The lowest BCUT2D eigenvalue weighted by molar-refractivity contribution is -0.160. The highest BCUT2D eigenvalue weighted by Gasteiger charge is 2.39. The maximum Gasteiger partial charge on any atom is 0.422 e. The Labute approximate surface area is 99.8 Å². The molecule has 0 aromatic carbocycles. The second kappa shape index (κ2) is 6.07. The molecule has 17 heavy (non-hydrogen) atoms. The van der Waals surface area contributed by atoms with Crippen LogP contribution in [0.1, 0.15) is 34.1 Å². The fourth-order valence-corrected chi connectivity index (χ4v) is 1.45. The van der Waals surface area contributed by atoms with E-state index in [9.17, 15) is 18.0 Å². The molecule has 100 valence electrons. The summed E-state index contributed by atoms with van der Waals surface area (Å²) in [5.41, 5.74) is -1.45. The molecule has 0 spiro atoms. The number of rotatable bonds is 5. The third-order valence-electron chi connectivity index (χ3n) is 2.69. The number of hydrogen-bond acceptors (Lipinski definition) is 2. The molecule has 2 unspecified atom stereocenters. The number of carbonyl (C=O) groups is 1. The first-order valence-electron chi connectivity index (χ1n) is 5.58. The highest BCUT2D eigenvalue weighted by Crippen LogP contribution is 2.27. The van der Waals surface area contributed by atoms with Gasteiger partial charge in [-0.15, -0.1) is 0 Å². The van der Waals surface area contributed by atoms with Crippen LogP contribution in [0.2, 0.25) is 0 Å². The van der Waals surface area contributed by atoms with E-state index in [1.807, 2.05) is 13.8 Å². The SMILES string of the molecule is C=C(C(=O)OC(C(C)C)C(C)CC)C(F)(F)F. The van der Waals surface area contributed by atoms with Crippen molar-refractivity contribution in [2.45, 2.75) is 46.4 Å². The van der Waals surface area contributed by atoms with E-state index < -0.39 is 23.8 Å². The third kappa shape index (κ3) is 4.79. The fraction of sp³-hybridized carbons (Fsp3) is 0.750. The van der Waals surface area contributed by atoms with Gasteiger partial charge in [0.15, 0.2) is 0 Å². The molecule has 0 aliphatic carbocycles. The maximum atomic E-state index is 12.2. The second-order valence-corrected chi connectivity index (χ2v) is 4.48. The summed E-state index contributed by atoms with van der Waals surface area (Å²) in [5, 5.41) is 0. The van der Waals surface area contributed by atoms with Crippen molar-refractivity contribution in [3.8, 4) is 0 Å². The van der Waals surface area contributed by atoms with Gasteiger partial charge in [0, 0.05) is 0 Å². The van der Waals surface area contributed by atoms with Crippen LogP contribution in [-0.2, 0) is 9.53 Å². The maximum absolute atomic E-state index is 12.2. The zero-order chi connectivity index (χ0) is 13.8. The zero-order valence-corrected chi connectivity index (χ0v) is 10.6. The number of hydrogen-bond donors (Lipinski definition) is 0. The Morgan fingerprint density at radius 1 is 1.29 bits per heavy atom. The quantitative estimate of drug-likeness (QED) is 0.550. The van der Waals surface area contributed by atoms with Crippen molar-refractivity contribution < 1.29 is 22.7 Å². The van der Waals surface area contributed by atoms with Gasteiger partial charge in [0.05, 0.1) is 0 Å². The number of esters is 1. The monoisotopic (exact) mass is 252 g/mol. The Kier molecular flexibility index (Phi) is 5.72. The topological polar surface area (TPSA) is 26.3 Å². The van der Waals surface area contributed by atoms with E-state index in [1.54, 1.807) is 13.8 Å². The van der Waals surface area contributed by atoms with Crippen LogP contribution in [0.25, 0.3) is 0 Å². The first kappa shape index (κ1) is 16.0. The summed E-state index contributed by atoms with van der Waals surface area (Å²) in [4.78, 5) is 11.3. The van der Waals surface area contributed by atoms with Crippen LogP contribution < -0.4 is 0 Å². The molecule has 0 bridgehead atoms. The van der Waals surface area contributed by atoms with E-state index in [4.69, 9.17) is 4.74 Å². The molecule has 5 heteroatoms. The fourth-order valence-electron chi connectivity index (χ4n) is 1.45. The van der Waals surface area contributed by atoms with Crippen LogP contribution in [0.4, 0.5) is 13.2 Å². The molecular weight excluding hydrogens is 233 g/mol. The summed E-state index contributed by atoms with van der Waals surface area (Å²) in [7, 11) is 0. The predicted octanol–water partition coefficient (Wildman–Crippen LogP) is 3.72. The molecule has 0 aromatic heterocycles. The molecule has 0 aromatic rings. The molecule has 0 fully saturated rings. The van der Waals surface area contributed by atoms with Crippen LogP contribution in [0.5, 0.6) is 0 Å². The normalized spacial score (nSPS) is 15.5. The molecule has 0 aliphatic rings. The molecule has 2 atom stereocenters. The van der Waals surface area contributed by atoms with Crippen molar-refractivity contribution in [1.82, 2.24) is 0 Å². The van der Waals surface area contributed by atoms with E-state index in [2.05, 4.69) is 6.58 Å². The molecule has 0 radical (unpaired) electrons. The summed E-state index contributed by atoms with van der Waals surface area (Å²) in [6, 6.07) is 0. The Balaban J connectivity index is 4.69. The standard InChI is InChI=1S/C12H19F3O2/c1-6-8(4)10(7(2)3)17-11(16)9(5)12(13,14)15/h7-8,10H,5-6H2,1-4H3. The number of alkyl halides is 3. The van der Waals surface area contributed by atoms with Crippen molar-refractivity contribution in [1.29, 1.82) is 0 Å². The van der Waals surface area contributed by atoms with Gasteiger partial charge in [-0.1, -0.05) is 40.7 Å². The van der Waals surface area contributed by atoms with Crippen LogP contribution in [0.3, 0.4) is 0 Å². The number of halogens is 3. The zero-order valence-electron chi connectivity index (χ0n) is 10.6. The van der Waals surface area contributed by atoms with Crippen molar-refractivity contribution in [3.05, 3.63) is 12.2 Å². The number of carbonyl (C=O) groups excluding carboxylic acids is 1. The van der Waals surface area contributed by atoms with Gasteiger partial charge in [-0.2, -0.15) is 13.2 Å². The smallest absolute Gasteiger partial charge is 0.422 e. The molecule has 0 rings (SSSR count). The average molecular weight is 252 g/mol. The van der Waals surface area contributed by atoms with Crippen molar-refractivity contribution in [2.75, 3.05) is 0 Å². The predicted molar refractivity (Wildman–Crippen MR) is 59.4 cm³/mol. The summed E-state index contributed by atoms with van der Waals surface area (Å²) in [6.07, 6.45) is -4.52. The summed E-state index contributed by atoms with van der Waals surface area (Å²) >= 11 is 0. The Morgan fingerprint density at radius 3 is 2.06 bits per heavy atom. The van der Waals surface area contributed by atoms with Crippen molar-refractivity contribution in [2.24, 2.45) is 11.8 Å². The summed E-state index contributed by atoms with van der Waals surface area (Å²) < 4.78 is 41.6. The summed E-state index contributed by atoms with van der Waals surface area (Å²) in [5.74, 6) is -1.40. The van der Waals surface area contributed by atoms with Gasteiger partial charge in [0.2, 0.25) is 0 Å². The van der Waals surface area contributed by atoms with Crippen LogP contribution in [0.15, 0.2) is 12.2 Å². The minimum atomic E-state index is -4.73. The van der Waals surface area contributed by atoms with Crippen LogP contribution >= 0.6 is 0 Å². The first-order valence-corrected chi connectivity index (χ1v) is 5.58. The van der Waals surface area contributed by atoms with Gasteiger partial charge >= 0.3 is 12.1 Å². The highest BCUT2D eigenvalue weighted by atomic mass is 19.4. The van der Waals surface area contributed by atoms with Gasteiger partial charge < -0.3 is 4.74 Å². The van der Waals surface area contributed by atoms with Gasteiger partial charge in [0.25, 0.3) is 0 Å². The Bertz CT molecular complexity index is 282. The molecule has 0 aliphatic heterocycles. The molecule has 0 N–H and O–H groups in total. The van der Waals surface area contributed by atoms with Gasteiger partial charge in [-0.25, -0.2) is 4.79 Å². The minimum absolute atomic E-state index is 0.0139. The van der Waals surface area contributed by atoms with Gasteiger partial charge in [0.1, 0.15) is 11.7 Å². The van der Waals surface area contributed by atoms with Crippen LogP contribution in [0, 0.1) is 11.8 Å². The lowest BCUT2D eigenvalue weighted by Crippen LogP contribution is -2.32. The van der Waals surface area contributed by atoms with E-state index >= 15 is 0 Å². The second-order valence-electron chi connectivity index (χ2n) is 4.48. The van der Waals surface area contributed by atoms with Gasteiger partial charge in [-0.3, -0.25) is 0 Å². The minimum Gasteiger partial charge on any atom is -0.458 e. The van der Waals surface area contributed by atoms with Crippen molar-refractivity contribution in [3.63, 3.8) is 0 Å². The van der Waals surface area contributed by atoms with E-state index in [1.165, 1.54) is 0 Å². The molecule has 0 saturated carbocycles. The summed E-state index contributed by atoms with van der Waals surface area (Å²) in [6.45, 7) is 10.1. The molecule has 0 saturated heterocycles. The largest absolute Gasteiger partial charge is 0.458 e. The molecular formula is C12H19F3O2. The lowest BCUT2D eigenvalue weighted by atomic mass is 9.92. The van der Waals surface area contributed by atoms with E-state index in [0.717, 1.165) is 6.42 Å². The first-order chi connectivity index (χ1) is 7.61.